The van der Waals surface area contributed by atoms with Gasteiger partial charge in [0, 0.05) is 6.54 Å². The van der Waals surface area contributed by atoms with Gasteiger partial charge in [0.25, 0.3) is 0 Å². The van der Waals surface area contributed by atoms with Crippen LogP contribution < -0.4 is 5.32 Å². The zero-order chi connectivity index (χ0) is 14.4. The number of hydrogen-bond donors (Lipinski definition) is 1. The lowest BCUT2D eigenvalue weighted by molar-refractivity contribution is -0.120. The fraction of sp³-hybridized carbons (Fsp3) is 0.500. The van der Waals surface area contributed by atoms with E-state index in [9.17, 15) is 4.79 Å². The molecule has 1 unspecified atom stereocenters. The fourth-order valence-corrected chi connectivity index (χ4v) is 2.23. The van der Waals surface area contributed by atoms with Crippen molar-refractivity contribution in [2.45, 2.75) is 40.5 Å². The highest BCUT2D eigenvalue weighted by Crippen LogP contribution is 2.16. The molecule has 3 heteroatoms. The monoisotopic (exact) mass is 258 g/mol. The number of nitriles is 1. The second-order valence-electron chi connectivity index (χ2n) is 5.09. The topological polar surface area (TPSA) is 52.9 Å². The fourth-order valence-electron chi connectivity index (χ4n) is 2.23. The van der Waals surface area contributed by atoms with E-state index in [1.165, 1.54) is 5.56 Å². The van der Waals surface area contributed by atoms with Gasteiger partial charge in [-0.1, -0.05) is 24.6 Å². The lowest BCUT2D eigenvalue weighted by Crippen LogP contribution is -2.30. The van der Waals surface area contributed by atoms with E-state index in [4.69, 9.17) is 5.26 Å². The summed E-state index contributed by atoms with van der Waals surface area (Å²) < 4.78 is 0. The predicted octanol–water partition coefficient (Wildman–Crippen LogP) is 2.82. The molecule has 0 aromatic heterocycles. The molecular formula is C16H22N2O. The maximum atomic E-state index is 11.9. The summed E-state index contributed by atoms with van der Waals surface area (Å²) in [5, 5.41) is 11.7. The molecule has 1 rings (SSSR count). The minimum absolute atomic E-state index is 0.0104. The summed E-state index contributed by atoms with van der Waals surface area (Å²) in [4.78, 5) is 11.9. The second-order valence-corrected chi connectivity index (χ2v) is 5.09. The third-order valence-electron chi connectivity index (χ3n) is 3.40. The minimum Gasteiger partial charge on any atom is -0.354 e. The van der Waals surface area contributed by atoms with E-state index in [1.54, 1.807) is 0 Å². The average molecular weight is 258 g/mol. The Morgan fingerprint density at radius 1 is 1.32 bits per heavy atom. The van der Waals surface area contributed by atoms with Gasteiger partial charge in [-0.25, -0.2) is 0 Å². The number of carbonyl (C=O) groups excluding carboxylic acids is 1. The Morgan fingerprint density at radius 2 is 1.89 bits per heavy atom. The highest BCUT2D eigenvalue weighted by Gasteiger charge is 2.11. The predicted molar refractivity (Wildman–Crippen MR) is 76.8 cm³/mol. The molecule has 1 N–H and O–H groups in total. The summed E-state index contributed by atoms with van der Waals surface area (Å²) in [6.07, 6.45) is 1.15. The van der Waals surface area contributed by atoms with Gasteiger partial charge in [0.2, 0.25) is 5.91 Å². The van der Waals surface area contributed by atoms with E-state index in [2.05, 4.69) is 30.4 Å². The van der Waals surface area contributed by atoms with Crippen LogP contribution in [-0.4, -0.2) is 12.5 Å². The third kappa shape index (κ3) is 4.40. The first-order valence-electron chi connectivity index (χ1n) is 6.71. The molecule has 1 amide bonds. The van der Waals surface area contributed by atoms with Crippen molar-refractivity contribution in [3.05, 3.63) is 34.4 Å². The van der Waals surface area contributed by atoms with Crippen LogP contribution in [0.25, 0.3) is 0 Å². The van der Waals surface area contributed by atoms with Crippen molar-refractivity contribution in [2.75, 3.05) is 6.54 Å². The number of benzene rings is 1. The van der Waals surface area contributed by atoms with Gasteiger partial charge >= 0.3 is 0 Å². The van der Waals surface area contributed by atoms with Crippen LogP contribution in [0, 0.1) is 38.0 Å². The van der Waals surface area contributed by atoms with Gasteiger partial charge in [0.1, 0.15) is 0 Å². The second kappa shape index (κ2) is 6.94. The number of nitrogens with zero attached hydrogens (tertiary/aromatic N) is 1. The number of carbonyl (C=O) groups is 1. The van der Waals surface area contributed by atoms with Gasteiger partial charge < -0.3 is 5.32 Å². The van der Waals surface area contributed by atoms with Gasteiger partial charge in [-0.15, -0.1) is 0 Å². The molecule has 0 spiro atoms. The quantitative estimate of drug-likeness (QED) is 0.883. The zero-order valence-electron chi connectivity index (χ0n) is 12.2. The van der Waals surface area contributed by atoms with E-state index >= 15 is 0 Å². The molecule has 19 heavy (non-hydrogen) atoms. The Labute approximate surface area is 115 Å². The summed E-state index contributed by atoms with van der Waals surface area (Å²) in [5.41, 5.74) is 4.61. The number of hydrogen-bond acceptors (Lipinski definition) is 2. The van der Waals surface area contributed by atoms with Crippen LogP contribution in [-0.2, 0) is 11.2 Å². The summed E-state index contributed by atoms with van der Waals surface area (Å²) >= 11 is 0. The first-order valence-corrected chi connectivity index (χ1v) is 6.71. The van der Waals surface area contributed by atoms with E-state index in [1.807, 2.05) is 20.8 Å². The average Bonchev–Trinajstić information content (AvgIpc) is 2.35. The van der Waals surface area contributed by atoms with Crippen LogP contribution in [0.3, 0.4) is 0 Å². The Morgan fingerprint density at radius 3 is 2.37 bits per heavy atom. The molecule has 0 aliphatic carbocycles. The van der Waals surface area contributed by atoms with Gasteiger partial charge in [0.15, 0.2) is 0 Å². The van der Waals surface area contributed by atoms with E-state index in [-0.39, 0.29) is 11.8 Å². The lowest BCUT2D eigenvalue weighted by Gasteiger charge is -2.12. The van der Waals surface area contributed by atoms with E-state index < -0.39 is 0 Å². The minimum atomic E-state index is -0.0934. The van der Waals surface area contributed by atoms with Crippen molar-refractivity contribution in [2.24, 2.45) is 5.92 Å². The molecule has 1 atom stereocenters. The molecule has 102 valence electrons. The SMILES string of the molecule is CCC(C#N)CNC(=O)Cc1c(C)cc(C)cc1C. The molecule has 0 bridgehead atoms. The molecule has 0 saturated carbocycles. The third-order valence-corrected chi connectivity index (χ3v) is 3.40. The molecule has 3 nitrogen and oxygen atoms in total. The van der Waals surface area contributed by atoms with E-state index in [0.717, 1.165) is 23.1 Å². The number of amides is 1. The maximum absolute atomic E-state index is 11.9. The number of aryl methyl sites for hydroxylation is 3. The molecule has 0 saturated heterocycles. The normalized spacial score (nSPS) is 11.7. The van der Waals surface area contributed by atoms with Crippen molar-refractivity contribution < 1.29 is 4.79 Å². The summed E-state index contributed by atoms with van der Waals surface area (Å²) in [7, 11) is 0. The smallest absolute Gasteiger partial charge is 0.224 e. The largest absolute Gasteiger partial charge is 0.354 e. The van der Waals surface area contributed by atoms with Crippen LogP contribution in [0.4, 0.5) is 0 Å². The van der Waals surface area contributed by atoms with Gasteiger partial charge in [0.05, 0.1) is 18.4 Å². The van der Waals surface area contributed by atoms with Gasteiger partial charge in [-0.05, 0) is 43.9 Å². The Kier molecular flexibility index (Phi) is 5.57. The van der Waals surface area contributed by atoms with Crippen molar-refractivity contribution in [1.29, 1.82) is 5.26 Å². The molecule has 0 aliphatic rings. The number of nitrogens with one attached hydrogen (secondary N) is 1. The molecular weight excluding hydrogens is 236 g/mol. The van der Waals surface area contributed by atoms with Crippen molar-refractivity contribution in [3.8, 4) is 6.07 Å². The molecule has 0 fully saturated rings. The van der Waals surface area contributed by atoms with Crippen molar-refractivity contribution in [1.82, 2.24) is 5.32 Å². The maximum Gasteiger partial charge on any atom is 0.224 e. The first kappa shape index (κ1) is 15.2. The molecule has 1 aromatic rings. The van der Waals surface area contributed by atoms with E-state index in [0.29, 0.717) is 13.0 Å². The lowest BCUT2D eigenvalue weighted by atomic mass is 9.97. The summed E-state index contributed by atoms with van der Waals surface area (Å²) in [6, 6.07) is 6.38. The summed E-state index contributed by atoms with van der Waals surface area (Å²) in [5.74, 6) is -0.104. The molecule has 1 aromatic carbocycles. The van der Waals surface area contributed by atoms with Crippen LogP contribution in [0.5, 0.6) is 0 Å². The van der Waals surface area contributed by atoms with Gasteiger partial charge in [-0.2, -0.15) is 5.26 Å². The van der Waals surface area contributed by atoms with Crippen LogP contribution >= 0.6 is 0 Å². The van der Waals surface area contributed by atoms with Crippen LogP contribution in [0.1, 0.15) is 35.6 Å². The first-order chi connectivity index (χ1) is 8.97. The highest BCUT2D eigenvalue weighted by molar-refractivity contribution is 5.79. The standard InChI is InChI=1S/C16H22N2O/c1-5-14(9-17)10-18-16(19)8-15-12(3)6-11(2)7-13(15)4/h6-7,14H,5,8,10H2,1-4H3,(H,18,19). The summed E-state index contributed by atoms with van der Waals surface area (Å²) in [6.45, 7) is 8.52. The Bertz CT molecular complexity index is 477. The molecule has 0 heterocycles. The van der Waals surface area contributed by atoms with Gasteiger partial charge in [-0.3, -0.25) is 4.79 Å². The van der Waals surface area contributed by atoms with Crippen LogP contribution in [0.15, 0.2) is 12.1 Å². The Balaban J connectivity index is 2.66. The van der Waals surface area contributed by atoms with Crippen molar-refractivity contribution >= 4 is 5.91 Å². The molecule has 0 aliphatic heterocycles. The van der Waals surface area contributed by atoms with Crippen LogP contribution in [0.2, 0.25) is 0 Å². The molecule has 0 radical (unpaired) electrons. The zero-order valence-corrected chi connectivity index (χ0v) is 12.2. The highest BCUT2D eigenvalue weighted by atomic mass is 16.1. The van der Waals surface area contributed by atoms with Crippen molar-refractivity contribution in [3.63, 3.8) is 0 Å². The Hall–Kier alpha value is -1.82. The number of rotatable bonds is 5.